The van der Waals surface area contributed by atoms with Gasteiger partial charge in [0.25, 0.3) is 5.91 Å². The minimum Gasteiger partial charge on any atom is -0.325 e. The third-order valence-corrected chi connectivity index (χ3v) is 4.82. The molecule has 0 saturated carbocycles. The molecule has 0 aromatic heterocycles. The van der Waals surface area contributed by atoms with Gasteiger partial charge >= 0.3 is 0 Å². The van der Waals surface area contributed by atoms with Crippen molar-refractivity contribution in [2.45, 2.75) is 32.7 Å². The van der Waals surface area contributed by atoms with Crippen molar-refractivity contribution in [1.29, 1.82) is 0 Å². The molecule has 22 heavy (non-hydrogen) atoms. The molecular formula is C17H24N3O2+. The number of likely N-dealkylation sites (tertiary alicyclic amines) is 1. The highest BCUT2D eigenvalue weighted by atomic mass is 16.2. The van der Waals surface area contributed by atoms with Crippen molar-refractivity contribution in [2.24, 2.45) is 5.92 Å². The van der Waals surface area contributed by atoms with Gasteiger partial charge in [-0.3, -0.25) is 14.5 Å². The summed E-state index contributed by atoms with van der Waals surface area (Å²) in [7, 11) is 0. The summed E-state index contributed by atoms with van der Waals surface area (Å²) in [5.74, 6) is 0.587. The maximum atomic E-state index is 12.9. The predicted molar refractivity (Wildman–Crippen MR) is 86.0 cm³/mol. The lowest BCUT2D eigenvalue weighted by atomic mass is 9.98. The van der Waals surface area contributed by atoms with Crippen LogP contribution in [0.25, 0.3) is 0 Å². The van der Waals surface area contributed by atoms with E-state index < -0.39 is 0 Å². The van der Waals surface area contributed by atoms with Crippen LogP contribution in [-0.2, 0) is 9.59 Å². The average molecular weight is 302 g/mol. The Morgan fingerprint density at radius 1 is 1.41 bits per heavy atom. The molecule has 118 valence electrons. The number of nitrogens with zero attached hydrogens (tertiary/aromatic N) is 1. The van der Waals surface area contributed by atoms with Gasteiger partial charge in [-0.1, -0.05) is 19.1 Å². The van der Waals surface area contributed by atoms with Crippen molar-refractivity contribution in [1.82, 2.24) is 0 Å². The van der Waals surface area contributed by atoms with Gasteiger partial charge in [0, 0.05) is 5.92 Å². The first-order chi connectivity index (χ1) is 10.6. The number of rotatable bonds is 2. The highest BCUT2D eigenvalue weighted by Crippen LogP contribution is 2.29. The van der Waals surface area contributed by atoms with E-state index in [4.69, 9.17) is 0 Å². The summed E-state index contributed by atoms with van der Waals surface area (Å²) in [4.78, 5) is 27.8. The Labute approximate surface area is 131 Å². The lowest BCUT2D eigenvalue weighted by Crippen LogP contribution is -3.18. The monoisotopic (exact) mass is 302 g/mol. The van der Waals surface area contributed by atoms with Gasteiger partial charge in [0.05, 0.1) is 24.5 Å². The summed E-state index contributed by atoms with van der Waals surface area (Å²) in [6.07, 6.45) is 2.42. The SMILES string of the molecule is C[C@H]1CCC[NH+]([C@@H](C)C(=O)N2CC(=O)Nc3ccccc32)C1. The summed E-state index contributed by atoms with van der Waals surface area (Å²) < 4.78 is 0. The Bertz CT molecular complexity index is 587. The molecule has 2 N–H and O–H groups in total. The molecule has 3 atom stereocenters. The predicted octanol–water partition coefficient (Wildman–Crippen LogP) is 0.675. The second kappa shape index (κ2) is 6.08. The fourth-order valence-corrected chi connectivity index (χ4v) is 3.56. The topological polar surface area (TPSA) is 53.9 Å². The van der Waals surface area contributed by atoms with E-state index in [-0.39, 0.29) is 24.4 Å². The minimum atomic E-state index is -0.124. The van der Waals surface area contributed by atoms with Crippen molar-refractivity contribution in [3.63, 3.8) is 0 Å². The van der Waals surface area contributed by atoms with Crippen molar-refractivity contribution >= 4 is 23.2 Å². The second-order valence-corrected chi connectivity index (χ2v) is 6.57. The number of para-hydroxylation sites is 2. The van der Waals surface area contributed by atoms with E-state index >= 15 is 0 Å². The van der Waals surface area contributed by atoms with Crippen LogP contribution in [0.4, 0.5) is 11.4 Å². The van der Waals surface area contributed by atoms with Crippen LogP contribution in [0.15, 0.2) is 24.3 Å². The zero-order chi connectivity index (χ0) is 15.7. The number of benzene rings is 1. The van der Waals surface area contributed by atoms with Crippen LogP contribution in [-0.4, -0.2) is 37.5 Å². The number of hydrogen-bond acceptors (Lipinski definition) is 2. The van der Waals surface area contributed by atoms with Crippen LogP contribution in [0.1, 0.15) is 26.7 Å². The molecule has 3 rings (SSSR count). The highest BCUT2D eigenvalue weighted by molar-refractivity contribution is 6.10. The van der Waals surface area contributed by atoms with E-state index in [9.17, 15) is 9.59 Å². The summed E-state index contributed by atoms with van der Waals surface area (Å²) >= 11 is 0. The van der Waals surface area contributed by atoms with Crippen LogP contribution in [0, 0.1) is 5.92 Å². The molecular weight excluding hydrogens is 278 g/mol. The molecule has 0 bridgehead atoms. The van der Waals surface area contributed by atoms with Gasteiger partial charge in [0.2, 0.25) is 5.91 Å². The first kappa shape index (κ1) is 15.0. The number of nitrogens with one attached hydrogen (secondary N) is 2. The number of carbonyl (C=O) groups excluding carboxylic acids is 2. The summed E-state index contributed by atoms with van der Waals surface area (Å²) in [5, 5.41) is 2.83. The van der Waals surface area contributed by atoms with Gasteiger partial charge < -0.3 is 10.2 Å². The molecule has 0 radical (unpaired) electrons. The molecule has 1 saturated heterocycles. The van der Waals surface area contributed by atoms with Gasteiger partial charge in [-0.2, -0.15) is 0 Å². The number of carbonyl (C=O) groups is 2. The highest BCUT2D eigenvalue weighted by Gasteiger charge is 2.35. The first-order valence-electron chi connectivity index (χ1n) is 8.11. The smallest absolute Gasteiger partial charge is 0.285 e. The van der Waals surface area contributed by atoms with Gasteiger partial charge in [0.1, 0.15) is 6.54 Å². The van der Waals surface area contributed by atoms with E-state index in [0.717, 1.165) is 24.5 Å². The standard InChI is InChI=1S/C17H23N3O2/c1-12-6-5-9-19(10-12)13(2)17(22)20-11-16(21)18-14-7-3-4-8-15(14)20/h3-4,7-8,12-13H,5-6,9-11H2,1-2H3,(H,18,21)/p+1/t12-,13-/m0/s1. The van der Waals surface area contributed by atoms with Crippen molar-refractivity contribution in [3.8, 4) is 0 Å². The van der Waals surface area contributed by atoms with Crippen molar-refractivity contribution in [3.05, 3.63) is 24.3 Å². The van der Waals surface area contributed by atoms with E-state index in [0.29, 0.717) is 5.92 Å². The summed E-state index contributed by atoms with van der Waals surface area (Å²) in [5.41, 5.74) is 1.53. The number of amides is 2. The zero-order valence-corrected chi connectivity index (χ0v) is 13.3. The lowest BCUT2D eigenvalue weighted by Gasteiger charge is -2.36. The third-order valence-electron chi connectivity index (χ3n) is 4.82. The molecule has 5 heteroatoms. The first-order valence-corrected chi connectivity index (χ1v) is 8.11. The average Bonchev–Trinajstić information content (AvgIpc) is 2.52. The van der Waals surface area contributed by atoms with E-state index in [1.54, 1.807) is 4.90 Å². The Kier molecular flexibility index (Phi) is 4.16. The molecule has 5 nitrogen and oxygen atoms in total. The van der Waals surface area contributed by atoms with Crippen LogP contribution in [0.5, 0.6) is 0 Å². The Hall–Kier alpha value is -1.88. The molecule has 0 aliphatic carbocycles. The van der Waals surface area contributed by atoms with E-state index in [1.807, 2.05) is 31.2 Å². The molecule has 1 fully saturated rings. The van der Waals surface area contributed by atoms with Crippen LogP contribution in [0.3, 0.4) is 0 Å². The molecule has 2 heterocycles. The van der Waals surface area contributed by atoms with Gasteiger partial charge in [-0.05, 0) is 31.9 Å². The van der Waals surface area contributed by atoms with Crippen molar-refractivity contribution < 1.29 is 14.5 Å². The number of anilines is 2. The van der Waals surface area contributed by atoms with Gasteiger partial charge in [-0.25, -0.2) is 0 Å². The fourth-order valence-electron chi connectivity index (χ4n) is 3.56. The molecule has 2 aliphatic heterocycles. The molecule has 1 unspecified atom stereocenters. The van der Waals surface area contributed by atoms with Crippen LogP contribution in [0.2, 0.25) is 0 Å². The van der Waals surface area contributed by atoms with Crippen LogP contribution < -0.4 is 15.1 Å². The zero-order valence-electron chi connectivity index (χ0n) is 13.3. The van der Waals surface area contributed by atoms with Crippen molar-refractivity contribution in [2.75, 3.05) is 29.9 Å². The van der Waals surface area contributed by atoms with E-state index in [1.165, 1.54) is 17.7 Å². The molecule has 2 amide bonds. The third kappa shape index (κ3) is 2.86. The largest absolute Gasteiger partial charge is 0.325 e. The van der Waals surface area contributed by atoms with Crippen LogP contribution >= 0.6 is 0 Å². The molecule has 1 aromatic carbocycles. The normalized spacial score (nSPS) is 26.1. The number of hydrogen-bond donors (Lipinski definition) is 2. The minimum absolute atomic E-state index is 0.0476. The fraction of sp³-hybridized carbons (Fsp3) is 0.529. The Balaban J connectivity index is 1.81. The summed E-state index contributed by atoms with van der Waals surface area (Å²) in [6, 6.07) is 7.40. The Morgan fingerprint density at radius 3 is 2.95 bits per heavy atom. The lowest BCUT2D eigenvalue weighted by molar-refractivity contribution is -0.922. The number of fused-ring (bicyclic) bond motifs is 1. The maximum absolute atomic E-state index is 12.9. The quantitative estimate of drug-likeness (QED) is 0.844. The molecule has 2 aliphatic rings. The second-order valence-electron chi connectivity index (χ2n) is 6.57. The molecule has 1 aromatic rings. The van der Waals surface area contributed by atoms with Gasteiger partial charge in [-0.15, -0.1) is 0 Å². The maximum Gasteiger partial charge on any atom is 0.285 e. The number of quaternary nitrogens is 1. The summed E-state index contributed by atoms with van der Waals surface area (Å²) in [6.45, 7) is 6.43. The molecule has 0 spiro atoms. The number of piperidine rings is 1. The van der Waals surface area contributed by atoms with E-state index in [2.05, 4.69) is 12.2 Å². The van der Waals surface area contributed by atoms with Gasteiger partial charge in [0.15, 0.2) is 6.04 Å². The Morgan fingerprint density at radius 2 is 2.18 bits per heavy atom.